The molecule has 3 N–H and O–H groups in total. The molecule has 0 saturated heterocycles. The van der Waals surface area contributed by atoms with E-state index >= 15 is 0 Å². The molecule has 2 aromatic rings. The molecule has 1 unspecified atom stereocenters. The average Bonchev–Trinajstić information content (AvgIpc) is 3.29. The maximum Gasteiger partial charge on any atom is 0.263 e. The van der Waals surface area contributed by atoms with Gasteiger partial charge < -0.3 is 15.8 Å². The number of methoxy groups -OCH3 is 1. The number of rotatable bonds is 5. The number of ether oxygens (including phenoxy) is 1. The summed E-state index contributed by atoms with van der Waals surface area (Å²) in [6.07, 6.45) is 2.58. The van der Waals surface area contributed by atoms with E-state index < -0.39 is 0 Å². The Morgan fingerprint density at radius 2 is 2.29 bits per heavy atom. The van der Waals surface area contributed by atoms with Crippen molar-refractivity contribution in [2.75, 3.05) is 19.4 Å². The van der Waals surface area contributed by atoms with Crippen molar-refractivity contribution in [3.8, 4) is 5.75 Å². The number of fused-ring (bicyclic) bond motifs is 1. The van der Waals surface area contributed by atoms with Gasteiger partial charge in [-0.2, -0.15) is 0 Å². The normalized spacial score (nSPS) is 15.9. The molecule has 0 spiro atoms. The SMILES string of the molecule is COc1cccc2sc(C(=O)NCC(C)C3CC3)c(N)c12. The van der Waals surface area contributed by atoms with Gasteiger partial charge in [-0.3, -0.25) is 4.79 Å². The number of nitrogens with two attached hydrogens (primary N) is 1. The Labute approximate surface area is 128 Å². The number of amides is 1. The van der Waals surface area contributed by atoms with Crippen LogP contribution in [0.5, 0.6) is 5.75 Å². The van der Waals surface area contributed by atoms with Gasteiger partial charge in [-0.05, 0) is 36.8 Å². The molecule has 3 rings (SSSR count). The summed E-state index contributed by atoms with van der Waals surface area (Å²) in [6, 6.07) is 5.73. The van der Waals surface area contributed by atoms with Crippen molar-refractivity contribution in [3.63, 3.8) is 0 Å². The third-order valence-electron chi connectivity index (χ3n) is 4.15. The van der Waals surface area contributed by atoms with Crippen LogP contribution in [0.3, 0.4) is 0 Å². The first kappa shape index (κ1) is 14.2. The highest BCUT2D eigenvalue weighted by Crippen LogP contribution is 2.39. The molecular weight excluding hydrogens is 284 g/mol. The Hall–Kier alpha value is -1.75. The van der Waals surface area contributed by atoms with E-state index in [1.54, 1.807) is 7.11 Å². The lowest BCUT2D eigenvalue weighted by atomic mass is 10.1. The molecule has 1 saturated carbocycles. The molecule has 5 heteroatoms. The standard InChI is InChI=1S/C16H20N2O2S/c1-9(10-6-7-10)8-18-16(19)15-14(17)13-11(20-2)4-3-5-12(13)21-15/h3-5,9-10H,6-8,17H2,1-2H3,(H,18,19). The first-order valence-electron chi connectivity index (χ1n) is 7.25. The van der Waals surface area contributed by atoms with Crippen LogP contribution < -0.4 is 15.8 Å². The molecule has 112 valence electrons. The lowest BCUT2D eigenvalue weighted by molar-refractivity contribution is 0.0951. The van der Waals surface area contributed by atoms with Gasteiger partial charge in [-0.25, -0.2) is 0 Å². The van der Waals surface area contributed by atoms with Crippen LogP contribution in [0, 0.1) is 11.8 Å². The van der Waals surface area contributed by atoms with Crippen molar-refractivity contribution < 1.29 is 9.53 Å². The fourth-order valence-corrected chi connectivity index (χ4v) is 3.70. The van der Waals surface area contributed by atoms with Crippen LogP contribution in [-0.4, -0.2) is 19.6 Å². The Balaban J connectivity index is 1.82. The second-order valence-corrected chi connectivity index (χ2v) is 6.76. The highest BCUT2D eigenvalue weighted by atomic mass is 32.1. The molecule has 0 bridgehead atoms. The molecule has 1 aliphatic carbocycles. The molecule has 1 heterocycles. The Morgan fingerprint density at radius 3 is 2.95 bits per heavy atom. The monoisotopic (exact) mass is 304 g/mol. The van der Waals surface area contributed by atoms with Gasteiger partial charge in [0.1, 0.15) is 10.6 Å². The molecule has 4 nitrogen and oxygen atoms in total. The zero-order valence-electron chi connectivity index (χ0n) is 12.3. The molecule has 0 aliphatic heterocycles. The Kier molecular flexibility index (Phi) is 3.76. The van der Waals surface area contributed by atoms with Crippen LogP contribution in [0.1, 0.15) is 29.4 Å². The van der Waals surface area contributed by atoms with E-state index in [9.17, 15) is 4.79 Å². The van der Waals surface area contributed by atoms with E-state index in [0.29, 0.717) is 28.8 Å². The van der Waals surface area contributed by atoms with E-state index in [1.807, 2.05) is 18.2 Å². The van der Waals surface area contributed by atoms with Crippen LogP contribution >= 0.6 is 11.3 Å². The molecule has 1 aliphatic rings. The van der Waals surface area contributed by atoms with Gasteiger partial charge in [-0.15, -0.1) is 11.3 Å². The molecule has 0 radical (unpaired) electrons. The molecular formula is C16H20N2O2S. The smallest absolute Gasteiger partial charge is 0.263 e. The average molecular weight is 304 g/mol. The summed E-state index contributed by atoms with van der Waals surface area (Å²) in [4.78, 5) is 12.9. The highest BCUT2D eigenvalue weighted by molar-refractivity contribution is 7.21. The van der Waals surface area contributed by atoms with Gasteiger partial charge in [0.2, 0.25) is 0 Å². The maximum absolute atomic E-state index is 12.4. The third kappa shape index (κ3) is 2.70. The van der Waals surface area contributed by atoms with Gasteiger partial charge in [-0.1, -0.05) is 13.0 Å². The predicted octanol–water partition coefficient (Wildman–Crippen LogP) is 3.27. The fraction of sp³-hybridized carbons (Fsp3) is 0.438. The summed E-state index contributed by atoms with van der Waals surface area (Å²) in [5.74, 6) is 1.96. The second-order valence-electron chi connectivity index (χ2n) is 5.70. The number of carbonyl (C=O) groups excluding carboxylic acids is 1. The number of nitrogen functional groups attached to an aromatic ring is 1. The van der Waals surface area contributed by atoms with Crippen molar-refractivity contribution in [2.24, 2.45) is 11.8 Å². The summed E-state index contributed by atoms with van der Waals surface area (Å²) >= 11 is 1.42. The highest BCUT2D eigenvalue weighted by Gasteiger charge is 2.28. The van der Waals surface area contributed by atoms with Crippen LogP contribution in [0.25, 0.3) is 10.1 Å². The summed E-state index contributed by atoms with van der Waals surface area (Å²) in [7, 11) is 1.61. The van der Waals surface area contributed by atoms with E-state index in [-0.39, 0.29) is 5.91 Å². The number of anilines is 1. The predicted molar refractivity (Wildman–Crippen MR) is 87.0 cm³/mol. The lowest BCUT2D eigenvalue weighted by Crippen LogP contribution is -2.28. The van der Waals surface area contributed by atoms with Crippen LogP contribution in [0.15, 0.2) is 18.2 Å². The first-order valence-corrected chi connectivity index (χ1v) is 8.06. The first-order chi connectivity index (χ1) is 10.1. The number of hydrogen-bond donors (Lipinski definition) is 2. The zero-order valence-corrected chi connectivity index (χ0v) is 13.1. The molecule has 21 heavy (non-hydrogen) atoms. The largest absolute Gasteiger partial charge is 0.496 e. The topological polar surface area (TPSA) is 64.3 Å². The van der Waals surface area contributed by atoms with Crippen molar-refractivity contribution >= 4 is 33.0 Å². The minimum Gasteiger partial charge on any atom is -0.496 e. The van der Waals surface area contributed by atoms with E-state index in [2.05, 4.69) is 12.2 Å². The Morgan fingerprint density at radius 1 is 1.52 bits per heavy atom. The quantitative estimate of drug-likeness (QED) is 0.891. The maximum atomic E-state index is 12.4. The fourth-order valence-electron chi connectivity index (χ4n) is 2.64. The third-order valence-corrected chi connectivity index (χ3v) is 5.32. The number of thiophene rings is 1. The van der Waals surface area contributed by atoms with Crippen LogP contribution in [-0.2, 0) is 0 Å². The van der Waals surface area contributed by atoms with Gasteiger partial charge in [0.05, 0.1) is 18.2 Å². The van der Waals surface area contributed by atoms with Gasteiger partial charge in [0.15, 0.2) is 0 Å². The zero-order chi connectivity index (χ0) is 15.0. The van der Waals surface area contributed by atoms with Crippen molar-refractivity contribution in [1.82, 2.24) is 5.32 Å². The van der Waals surface area contributed by atoms with Crippen LogP contribution in [0.2, 0.25) is 0 Å². The number of nitrogens with one attached hydrogen (secondary N) is 1. The van der Waals surface area contributed by atoms with E-state index in [0.717, 1.165) is 16.0 Å². The summed E-state index contributed by atoms with van der Waals surface area (Å²) in [5.41, 5.74) is 6.68. The van der Waals surface area contributed by atoms with E-state index in [1.165, 1.54) is 24.2 Å². The van der Waals surface area contributed by atoms with Crippen LogP contribution in [0.4, 0.5) is 5.69 Å². The number of hydrogen-bond acceptors (Lipinski definition) is 4. The summed E-state index contributed by atoms with van der Waals surface area (Å²) in [6.45, 7) is 2.91. The molecule has 1 amide bonds. The van der Waals surface area contributed by atoms with Crippen molar-refractivity contribution in [3.05, 3.63) is 23.1 Å². The molecule has 1 aromatic carbocycles. The molecule has 1 aromatic heterocycles. The van der Waals surface area contributed by atoms with Gasteiger partial charge in [0, 0.05) is 11.2 Å². The summed E-state index contributed by atoms with van der Waals surface area (Å²) < 4.78 is 6.31. The minimum atomic E-state index is -0.0803. The van der Waals surface area contributed by atoms with Crippen molar-refractivity contribution in [1.29, 1.82) is 0 Å². The lowest BCUT2D eigenvalue weighted by Gasteiger charge is -2.10. The second kappa shape index (κ2) is 5.56. The van der Waals surface area contributed by atoms with Gasteiger partial charge in [0.25, 0.3) is 5.91 Å². The van der Waals surface area contributed by atoms with Gasteiger partial charge >= 0.3 is 0 Å². The minimum absolute atomic E-state index is 0.0803. The van der Waals surface area contributed by atoms with E-state index in [4.69, 9.17) is 10.5 Å². The Bertz CT molecular complexity index is 676. The number of carbonyl (C=O) groups is 1. The van der Waals surface area contributed by atoms with Crippen molar-refractivity contribution in [2.45, 2.75) is 19.8 Å². The number of benzene rings is 1. The molecule has 1 atom stereocenters. The molecule has 1 fully saturated rings. The summed E-state index contributed by atoms with van der Waals surface area (Å²) in [5, 5.41) is 3.85.